The monoisotopic (exact) mass is 348 g/mol. The van der Waals surface area contributed by atoms with Gasteiger partial charge < -0.3 is 19.9 Å². The van der Waals surface area contributed by atoms with Gasteiger partial charge >= 0.3 is 0 Å². The van der Waals surface area contributed by atoms with Gasteiger partial charge in [-0.05, 0) is 18.5 Å². The number of nitrogens with one attached hydrogen (secondary N) is 1. The minimum absolute atomic E-state index is 0.0248. The maximum Gasteiger partial charge on any atom is 0.258 e. The second-order valence-corrected chi connectivity index (χ2v) is 6.17. The van der Waals surface area contributed by atoms with E-state index in [9.17, 15) is 4.79 Å². The van der Waals surface area contributed by atoms with Crippen molar-refractivity contribution in [3.63, 3.8) is 0 Å². The average Bonchev–Trinajstić information content (AvgIpc) is 3.02. The molecule has 3 heterocycles. The van der Waals surface area contributed by atoms with Gasteiger partial charge in [0.25, 0.3) is 5.91 Å². The zero-order valence-corrected chi connectivity index (χ0v) is 14.8. The molecule has 2 aromatic rings. The lowest BCUT2D eigenvalue weighted by molar-refractivity contribution is 0.0746. The predicted molar refractivity (Wildman–Crippen MR) is 93.1 cm³/mol. The Morgan fingerprint density at radius 1 is 1.33 bits per heavy atom. The highest BCUT2D eigenvalue weighted by Crippen LogP contribution is 2.26. The first-order valence-corrected chi connectivity index (χ1v) is 8.46. The summed E-state index contributed by atoms with van der Waals surface area (Å²) in [4.78, 5) is 25.3. The number of aryl methyl sites for hydroxylation is 1. The molecule has 3 rings (SSSR count). The number of carbonyl (C=O) groups is 1. The molecule has 24 heavy (non-hydrogen) atoms. The first-order valence-electron chi connectivity index (χ1n) is 7.69. The number of nitrogens with zero attached hydrogens (tertiary/aromatic N) is 5. The van der Waals surface area contributed by atoms with Gasteiger partial charge in [-0.1, -0.05) is 0 Å². The van der Waals surface area contributed by atoms with Crippen molar-refractivity contribution < 1.29 is 9.53 Å². The van der Waals surface area contributed by atoms with Crippen molar-refractivity contribution in [2.75, 3.05) is 50.6 Å². The summed E-state index contributed by atoms with van der Waals surface area (Å²) in [6.45, 7) is 4.48. The molecular formula is C15H20N6O2S. The second-order valence-electron chi connectivity index (χ2n) is 5.40. The lowest BCUT2D eigenvalue weighted by Gasteiger charge is -2.34. The number of anilines is 2. The fraction of sp³-hybridized carbons (Fsp3) is 0.467. The molecule has 0 unspecified atom stereocenters. The highest BCUT2D eigenvalue weighted by atomic mass is 32.1. The minimum atomic E-state index is 0.0248. The van der Waals surface area contributed by atoms with Crippen LogP contribution in [0.5, 0.6) is 5.88 Å². The first kappa shape index (κ1) is 16.4. The van der Waals surface area contributed by atoms with Crippen LogP contribution in [0, 0.1) is 6.92 Å². The molecule has 0 radical (unpaired) electrons. The number of methoxy groups -OCH3 is 1. The van der Waals surface area contributed by atoms with E-state index >= 15 is 0 Å². The molecule has 9 heteroatoms. The zero-order chi connectivity index (χ0) is 17.1. The molecule has 1 aliphatic rings. The first-order chi connectivity index (χ1) is 11.6. The topological polar surface area (TPSA) is 83.5 Å². The Morgan fingerprint density at radius 3 is 2.75 bits per heavy atom. The molecule has 128 valence electrons. The van der Waals surface area contributed by atoms with E-state index in [0.29, 0.717) is 43.6 Å². The smallest absolute Gasteiger partial charge is 0.258 e. The number of hydrogen-bond acceptors (Lipinski definition) is 8. The maximum atomic E-state index is 12.8. The minimum Gasteiger partial charge on any atom is -0.481 e. The number of carbonyl (C=O) groups excluding carboxylic acids is 1. The third-order valence-electron chi connectivity index (χ3n) is 3.98. The second kappa shape index (κ2) is 7.00. The van der Waals surface area contributed by atoms with Crippen LogP contribution in [-0.2, 0) is 0 Å². The van der Waals surface area contributed by atoms with E-state index in [1.54, 1.807) is 19.4 Å². The van der Waals surface area contributed by atoms with Crippen molar-refractivity contribution in [3.05, 3.63) is 23.5 Å². The molecule has 8 nitrogen and oxygen atoms in total. The summed E-state index contributed by atoms with van der Waals surface area (Å²) in [6, 6.07) is 1.72. The van der Waals surface area contributed by atoms with E-state index in [1.807, 2.05) is 18.9 Å². The van der Waals surface area contributed by atoms with Gasteiger partial charge in [-0.3, -0.25) is 4.79 Å². The van der Waals surface area contributed by atoms with Crippen molar-refractivity contribution in [2.45, 2.75) is 6.92 Å². The summed E-state index contributed by atoms with van der Waals surface area (Å²) in [5.74, 6) is 1.19. The third-order valence-corrected chi connectivity index (χ3v) is 4.94. The zero-order valence-electron chi connectivity index (χ0n) is 13.9. The van der Waals surface area contributed by atoms with E-state index in [4.69, 9.17) is 4.74 Å². The van der Waals surface area contributed by atoms with Crippen LogP contribution in [0.4, 0.5) is 10.9 Å². The maximum absolute atomic E-state index is 12.8. The SMILES string of the molecule is CNc1snc(C)c1C(=O)N1CCN(c2nccc(OC)n2)CC1. The molecule has 1 amide bonds. The Balaban J connectivity index is 1.68. The molecule has 0 aliphatic carbocycles. The largest absolute Gasteiger partial charge is 0.481 e. The molecule has 0 bridgehead atoms. The molecule has 0 atom stereocenters. The van der Waals surface area contributed by atoms with E-state index in [1.165, 1.54) is 11.5 Å². The van der Waals surface area contributed by atoms with Gasteiger partial charge in [0.1, 0.15) is 5.00 Å². The van der Waals surface area contributed by atoms with Crippen LogP contribution in [0.15, 0.2) is 12.3 Å². The molecule has 2 aromatic heterocycles. The lowest BCUT2D eigenvalue weighted by atomic mass is 10.2. The van der Waals surface area contributed by atoms with Crippen LogP contribution >= 0.6 is 11.5 Å². The highest BCUT2D eigenvalue weighted by molar-refractivity contribution is 7.10. The number of ether oxygens (including phenoxy) is 1. The van der Waals surface area contributed by atoms with Crippen LogP contribution in [0.1, 0.15) is 16.1 Å². The Bertz CT molecular complexity index is 727. The van der Waals surface area contributed by atoms with Gasteiger partial charge in [-0.15, -0.1) is 0 Å². The lowest BCUT2D eigenvalue weighted by Crippen LogP contribution is -2.49. The van der Waals surface area contributed by atoms with E-state index in [-0.39, 0.29) is 5.91 Å². The summed E-state index contributed by atoms with van der Waals surface area (Å²) in [6.07, 6.45) is 1.68. The van der Waals surface area contributed by atoms with Crippen molar-refractivity contribution in [2.24, 2.45) is 0 Å². The van der Waals surface area contributed by atoms with Crippen molar-refractivity contribution >= 4 is 28.4 Å². The normalized spacial score (nSPS) is 14.6. The van der Waals surface area contributed by atoms with E-state index in [0.717, 1.165) is 10.7 Å². The van der Waals surface area contributed by atoms with Gasteiger partial charge in [0.15, 0.2) is 0 Å². The molecule has 1 N–H and O–H groups in total. The van der Waals surface area contributed by atoms with Gasteiger partial charge in [-0.25, -0.2) is 4.98 Å². The highest BCUT2D eigenvalue weighted by Gasteiger charge is 2.27. The summed E-state index contributed by atoms with van der Waals surface area (Å²) < 4.78 is 9.41. The molecule has 1 fully saturated rings. The molecule has 0 saturated carbocycles. The average molecular weight is 348 g/mol. The van der Waals surface area contributed by atoms with Crippen molar-refractivity contribution in [3.8, 4) is 5.88 Å². The molecular weight excluding hydrogens is 328 g/mol. The van der Waals surface area contributed by atoms with Gasteiger partial charge in [0.2, 0.25) is 11.8 Å². The van der Waals surface area contributed by atoms with Crippen molar-refractivity contribution in [1.82, 2.24) is 19.2 Å². The Labute approximate surface area is 144 Å². The summed E-state index contributed by atoms with van der Waals surface area (Å²) in [5, 5.41) is 3.86. The van der Waals surface area contributed by atoms with Gasteiger partial charge in [0, 0.05) is 45.5 Å². The number of aromatic nitrogens is 3. The Hall–Kier alpha value is -2.42. The van der Waals surface area contributed by atoms with Crippen LogP contribution in [0.25, 0.3) is 0 Å². The summed E-state index contributed by atoms with van der Waals surface area (Å²) >= 11 is 1.32. The molecule has 1 saturated heterocycles. The molecule has 0 spiro atoms. The van der Waals surface area contributed by atoms with Crippen LogP contribution in [0.3, 0.4) is 0 Å². The fourth-order valence-corrected chi connectivity index (χ4v) is 3.40. The quantitative estimate of drug-likeness (QED) is 0.890. The number of rotatable bonds is 4. The number of hydrogen-bond donors (Lipinski definition) is 1. The standard InChI is InChI=1S/C15H20N6O2S/c1-10-12(13(16-2)24-19-10)14(22)20-6-8-21(9-7-20)15-17-5-4-11(18-15)23-3/h4-5,16H,6-9H2,1-3H3. The summed E-state index contributed by atoms with van der Waals surface area (Å²) in [7, 11) is 3.39. The van der Waals surface area contributed by atoms with Crippen molar-refractivity contribution in [1.29, 1.82) is 0 Å². The Kier molecular flexibility index (Phi) is 4.79. The number of amides is 1. The van der Waals surface area contributed by atoms with Crippen LogP contribution in [-0.4, -0.2) is 65.5 Å². The van der Waals surface area contributed by atoms with Gasteiger partial charge in [0.05, 0.1) is 18.4 Å². The fourth-order valence-electron chi connectivity index (χ4n) is 2.66. The van der Waals surface area contributed by atoms with Gasteiger partial charge in [-0.2, -0.15) is 9.36 Å². The molecule has 1 aliphatic heterocycles. The Morgan fingerprint density at radius 2 is 2.08 bits per heavy atom. The van der Waals surface area contributed by atoms with E-state index < -0.39 is 0 Å². The van der Waals surface area contributed by atoms with Crippen LogP contribution < -0.4 is 15.0 Å². The summed E-state index contributed by atoms with van der Waals surface area (Å²) in [5.41, 5.74) is 1.45. The molecule has 0 aromatic carbocycles. The third kappa shape index (κ3) is 3.12. The predicted octanol–water partition coefficient (Wildman–Crippen LogP) is 1.25. The number of piperazine rings is 1. The van der Waals surface area contributed by atoms with E-state index in [2.05, 4.69) is 24.6 Å². The van der Waals surface area contributed by atoms with Crippen LogP contribution in [0.2, 0.25) is 0 Å².